The summed E-state index contributed by atoms with van der Waals surface area (Å²) in [6, 6.07) is 5.72. The molecule has 2 rings (SSSR count). The molecule has 98 valence electrons. The van der Waals surface area contributed by atoms with Crippen LogP contribution in [0.1, 0.15) is 42.6 Å². The van der Waals surface area contributed by atoms with Gasteiger partial charge in [-0.05, 0) is 63.9 Å². The van der Waals surface area contributed by atoms with E-state index in [1.165, 1.54) is 0 Å². The third-order valence-corrected chi connectivity index (χ3v) is 3.21. The Bertz CT molecular complexity index is 434. The third-order valence-electron chi connectivity index (χ3n) is 3.21. The molecule has 1 atom stereocenters. The van der Waals surface area contributed by atoms with E-state index < -0.39 is 0 Å². The standard InChI is InChI=1S/C15H21NO2/c1-10(2)18-12-6-7-13(11(3)9-12)15(17)14-5-4-8-16-14/h6-7,9-10,14,16H,4-5,8H2,1-3H3. The first kappa shape index (κ1) is 13.1. The highest BCUT2D eigenvalue weighted by Gasteiger charge is 2.24. The maximum Gasteiger partial charge on any atom is 0.179 e. The van der Waals surface area contributed by atoms with Gasteiger partial charge in [0.05, 0.1) is 12.1 Å². The van der Waals surface area contributed by atoms with Crippen molar-refractivity contribution >= 4 is 5.78 Å². The highest BCUT2D eigenvalue weighted by Crippen LogP contribution is 2.21. The van der Waals surface area contributed by atoms with Crippen molar-refractivity contribution in [3.63, 3.8) is 0 Å². The van der Waals surface area contributed by atoms with Crippen LogP contribution in [0, 0.1) is 6.92 Å². The number of benzene rings is 1. The Morgan fingerprint density at radius 2 is 2.22 bits per heavy atom. The molecule has 0 saturated carbocycles. The van der Waals surface area contributed by atoms with Crippen LogP contribution in [0.4, 0.5) is 0 Å². The lowest BCUT2D eigenvalue weighted by Gasteiger charge is -2.14. The van der Waals surface area contributed by atoms with E-state index in [1.807, 2.05) is 39.0 Å². The maximum absolute atomic E-state index is 12.3. The summed E-state index contributed by atoms with van der Waals surface area (Å²) in [4.78, 5) is 12.3. The number of ether oxygens (including phenoxy) is 1. The maximum atomic E-state index is 12.3. The van der Waals surface area contributed by atoms with Gasteiger partial charge >= 0.3 is 0 Å². The van der Waals surface area contributed by atoms with Crippen molar-refractivity contribution in [3.8, 4) is 5.75 Å². The Labute approximate surface area is 109 Å². The van der Waals surface area contributed by atoms with Crippen molar-refractivity contribution in [1.29, 1.82) is 0 Å². The number of aryl methyl sites for hydroxylation is 1. The highest BCUT2D eigenvalue weighted by molar-refractivity contribution is 6.01. The molecule has 18 heavy (non-hydrogen) atoms. The first-order chi connectivity index (χ1) is 8.58. The molecule has 0 amide bonds. The van der Waals surface area contributed by atoms with E-state index >= 15 is 0 Å². The SMILES string of the molecule is Cc1cc(OC(C)C)ccc1C(=O)C1CCCN1. The van der Waals surface area contributed by atoms with Gasteiger partial charge in [0.15, 0.2) is 5.78 Å². The predicted molar refractivity (Wildman–Crippen MR) is 72.3 cm³/mol. The minimum absolute atomic E-state index is 0.000525. The van der Waals surface area contributed by atoms with Crippen molar-refractivity contribution in [2.45, 2.75) is 45.8 Å². The van der Waals surface area contributed by atoms with Gasteiger partial charge in [0.2, 0.25) is 0 Å². The summed E-state index contributed by atoms with van der Waals surface area (Å²) in [5.41, 5.74) is 1.80. The zero-order valence-corrected chi connectivity index (χ0v) is 11.3. The number of ketones is 1. The fourth-order valence-electron chi connectivity index (χ4n) is 2.35. The van der Waals surface area contributed by atoms with Crippen LogP contribution in [0.25, 0.3) is 0 Å². The summed E-state index contributed by atoms with van der Waals surface area (Å²) in [5.74, 6) is 1.04. The molecule has 0 aliphatic carbocycles. The van der Waals surface area contributed by atoms with Gasteiger partial charge < -0.3 is 10.1 Å². The summed E-state index contributed by atoms with van der Waals surface area (Å²) in [5, 5.41) is 3.25. The Kier molecular flexibility index (Phi) is 4.02. The monoisotopic (exact) mass is 247 g/mol. The van der Waals surface area contributed by atoms with Crippen LogP contribution in [0.15, 0.2) is 18.2 Å². The summed E-state index contributed by atoms with van der Waals surface area (Å²) in [6.07, 6.45) is 2.19. The molecule has 0 aromatic heterocycles. The van der Waals surface area contributed by atoms with Gasteiger partial charge in [-0.25, -0.2) is 0 Å². The summed E-state index contributed by atoms with van der Waals surface area (Å²) in [6.45, 7) is 6.91. The van der Waals surface area contributed by atoms with E-state index in [4.69, 9.17) is 4.74 Å². The molecule has 3 nitrogen and oxygen atoms in total. The zero-order chi connectivity index (χ0) is 13.1. The minimum atomic E-state index is 0.000525. The number of nitrogens with one attached hydrogen (secondary N) is 1. The van der Waals surface area contributed by atoms with E-state index in [2.05, 4.69) is 5.32 Å². The lowest BCUT2D eigenvalue weighted by Crippen LogP contribution is -2.31. The van der Waals surface area contributed by atoms with E-state index in [0.29, 0.717) is 0 Å². The van der Waals surface area contributed by atoms with Gasteiger partial charge in [-0.15, -0.1) is 0 Å². The second-order valence-electron chi connectivity index (χ2n) is 5.16. The second-order valence-corrected chi connectivity index (χ2v) is 5.16. The van der Waals surface area contributed by atoms with Crippen LogP contribution in [-0.4, -0.2) is 24.5 Å². The first-order valence-electron chi connectivity index (χ1n) is 6.63. The molecule has 1 saturated heterocycles. The van der Waals surface area contributed by atoms with Gasteiger partial charge in [0.1, 0.15) is 5.75 Å². The average Bonchev–Trinajstić information content (AvgIpc) is 2.80. The molecule has 1 aliphatic heterocycles. The number of Topliss-reactive ketones (excluding diaryl/α,β-unsaturated/α-hetero) is 1. The van der Waals surface area contributed by atoms with Crippen molar-refractivity contribution in [3.05, 3.63) is 29.3 Å². The van der Waals surface area contributed by atoms with Crippen LogP contribution in [0.3, 0.4) is 0 Å². The molecular formula is C15H21NO2. The van der Waals surface area contributed by atoms with Gasteiger partial charge in [-0.2, -0.15) is 0 Å². The molecule has 0 bridgehead atoms. The Hall–Kier alpha value is -1.35. The van der Waals surface area contributed by atoms with Crippen LogP contribution in [0.5, 0.6) is 5.75 Å². The molecule has 0 spiro atoms. The van der Waals surface area contributed by atoms with Gasteiger partial charge in [0.25, 0.3) is 0 Å². The third kappa shape index (κ3) is 2.91. The Balaban J connectivity index is 2.16. The van der Waals surface area contributed by atoms with Crippen molar-refractivity contribution in [1.82, 2.24) is 5.32 Å². The molecule has 1 aromatic carbocycles. The largest absolute Gasteiger partial charge is 0.491 e. The highest BCUT2D eigenvalue weighted by atomic mass is 16.5. The van der Waals surface area contributed by atoms with Crippen LogP contribution in [-0.2, 0) is 0 Å². The molecule has 1 unspecified atom stereocenters. The first-order valence-corrected chi connectivity index (χ1v) is 6.63. The van der Waals surface area contributed by atoms with Crippen molar-refractivity contribution < 1.29 is 9.53 Å². The Morgan fingerprint density at radius 1 is 1.44 bits per heavy atom. The normalized spacial score (nSPS) is 19.2. The van der Waals surface area contributed by atoms with Crippen molar-refractivity contribution in [2.75, 3.05) is 6.54 Å². The number of carbonyl (C=O) groups excluding carboxylic acids is 1. The van der Waals surface area contributed by atoms with E-state index in [9.17, 15) is 4.79 Å². The topological polar surface area (TPSA) is 38.3 Å². The summed E-state index contributed by atoms with van der Waals surface area (Å²) in [7, 11) is 0. The van der Waals surface area contributed by atoms with Gasteiger partial charge in [0, 0.05) is 5.56 Å². The molecule has 1 fully saturated rings. The smallest absolute Gasteiger partial charge is 0.179 e. The van der Waals surface area contributed by atoms with Crippen molar-refractivity contribution in [2.24, 2.45) is 0 Å². The van der Waals surface area contributed by atoms with Gasteiger partial charge in [-0.1, -0.05) is 0 Å². The minimum Gasteiger partial charge on any atom is -0.491 e. The molecule has 1 aliphatic rings. The lowest BCUT2D eigenvalue weighted by atomic mass is 9.98. The summed E-state index contributed by atoms with van der Waals surface area (Å²) >= 11 is 0. The quantitative estimate of drug-likeness (QED) is 0.831. The second kappa shape index (κ2) is 5.53. The van der Waals surface area contributed by atoms with Gasteiger partial charge in [-0.3, -0.25) is 4.79 Å². The van der Waals surface area contributed by atoms with E-state index in [-0.39, 0.29) is 17.9 Å². The Morgan fingerprint density at radius 3 is 2.78 bits per heavy atom. The number of carbonyl (C=O) groups is 1. The van der Waals surface area contributed by atoms with Crippen LogP contribution < -0.4 is 10.1 Å². The zero-order valence-electron chi connectivity index (χ0n) is 11.3. The van der Waals surface area contributed by atoms with Crippen LogP contribution in [0.2, 0.25) is 0 Å². The fraction of sp³-hybridized carbons (Fsp3) is 0.533. The molecule has 0 radical (unpaired) electrons. The molecule has 1 aromatic rings. The molecular weight excluding hydrogens is 226 g/mol. The predicted octanol–water partition coefficient (Wildman–Crippen LogP) is 2.72. The molecule has 1 N–H and O–H groups in total. The van der Waals surface area contributed by atoms with Crippen LogP contribution >= 0.6 is 0 Å². The lowest BCUT2D eigenvalue weighted by molar-refractivity contribution is 0.0951. The summed E-state index contributed by atoms with van der Waals surface area (Å²) < 4.78 is 5.63. The average molecular weight is 247 g/mol. The van der Waals surface area contributed by atoms with E-state index in [0.717, 1.165) is 36.3 Å². The number of hydrogen-bond acceptors (Lipinski definition) is 3. The van der Waals surface area contributed by atoms with E-state index in [1.54, 1.807) is 0 Å². The number of hydrogen-bond donors (Lipinski definition) is 1. The fourth-order valence-corrected chi connectivity index (χ4v) is 2.35. The molecule has 3 heteroatoms. The number of rotatable bonds is 4. The molecule has 1 heterocycles.